The normalized spacial score (nSPS) is 18.6. The van der Waals surface area contributed by atoms with Gasteiger partial charge in [0, 0.05) is 24.6 Å². The Balaban J connectivity index is 1.51. The summed E-state index contributed by atoms with van der Waals surface area (Å²) in [6, 6.07) is 12.6. The van der Waals surface area contributed by atoms with Crippen LogP contribution >= 0.6 is 0 Å². The molecule has 3 N–H and O–H groups in total. The van der Waals surface area contributed by atoms with Crippen LogP contribution in [0.25, 0.3) is 0 Å². The molecule has 7 heteroatoms. The lowest BCUT2D eigenvalue weighted by atomic mass is 10.0. The molecule has 0 spiro atoms. The average molecular weight is 446 g/mol. The number of hydrogen-bond donors (Lipinski definition) is 3. The maximum Gasteiger partial charge on any atom is 0.303 e. The summed E-state index contributed by atoms with van der Waals surface area (Å²) in [7, 11) is 0. The number of likely N-dealkylation sites (tertiary alicyclic amines) is 1. The Hall–Kier alpha value is -2.32. The Bertz CT molecular complexity index is 906. The topological polar surface area (TPSA) is 90.2 Å². The Morgan fingerprint density at radius 1 is 1.25 bits per heavy atom. The van der Waals surface area contributed by atoms with Crippen molar-refractivity contribution in [2.24, 2.45) is 0 Å². The van der Waals surface area contributed by atoms with Crippen LogP contribution < -0.4 is 0 Å². The molecule has 0 saturated carbocycles. The lowest BCUT2D eigenvalue weighted by Crippen LogP contribution is -2.39. The molecule has 1 aliphatic heterocycles. The Morgan fingerprint density at radius 2 is 2.03 bits per heavy atom. The van der Waals surface area contributed by atoms with Crippen LogP contribution in [0.2, 0.25) is 0 Å². The van der Waals surface area contributed by atoms with Crippen molar-refractivity contribution < 1.29 is 29.2 Å². The molecule has 174 valence electrons. The van der Waals surface area contributed by atoms with Gasteiger partial charge in [-0.1, -0.05) is 36.4 Å². The number of ether oxygens (including phenoxy) is 1. The molecule has 0 aromatic heterocycles. The second kappa shape index (κ2) is 11.5. The zero-order valence-electron chi connectivity index (χ0n) is 18.4. The molecule has 0 radical (unpaired) electrons. The fourth-order valence-corrected chi connectivity index (χ4v) is 4.26. The third kappa shape index (κ3) is 6.84. The standard InChI is InChI=1S/C25H32FNO5/c1-17-8-9-18(14-23(17)26)13-20-6-4-12-27(20)15-21(28)16-32-25(31)22-7-3-2-5-19(22)10-11-24(29)30/h2-3,5,7-9,14,20-21,25,28,31H,4,6,10-13,15-16H2,1H3,(H,29,30)/t20-,21+,25+/m0/s1. The van der Waals surface area contributed by atoms with E-state index in [4.69, 9.17) is 9.84 Å². The summed E-state index contributed by atoms with van der Waals surface area (Å²) in [6.07, 6.45) is 0.974. The number of aliphatic hydroxyl groups excluding tert-OH is 2. The maximum atomic E-state index is 13.9. The van der Waals surface area contributed by atoms with Gasteiger partial charge in [0.2, 0.25) is 0 Å². The van der Waals surface area contributed by atoms with Crippen LogP contribution in [0.1, 0.15) is 47.8 Å². The molecule has 0 aliphatic carbocycles. The van der Waals surface area contributed by atoms with Crippen LogP contribution in [0.5, 0.6) is 0 Å². The number of aliphatic hydroxyl groups is 2. The molecule has 3 rings (SSSR count). The van der Waals surface area contributed by atoms with Crippen molar-refractivity contribution in [3.63, 3.8) is 0 Å². The van der Waals surface area contributed by atoms with E-state index < -0.39 is 18.4 Å². The number of β-amino-alcohol motifs (C(OH)–C–C–N with tert-alkyl or cyclic N) is 1. The van der Waals surface area contributed by atoms with Crippen molar-refractivity contribution >= 4 is 5.97 Å². The first kappa shape index (κ1) is 24.3. The minimum absolute atomic E-state index is 0.0341. The number of halogens is 1. The second-order valence-corrected chi connectivity index (χ2v) is 8.51. The highest BCUT2D eigenvalue weighted by Crippen LogP contribution is 2.24. The SMILES string of the molecule is Cc1ccc(C[C@@H]2CCCN2C[C@@H](O)CO[C@@H](O)c2ccccc2CCC(=O)O)cc1F. The van der Waals surface area contributed by atoms with Gasteiger partial charge in [-0.15, -0.1) is 0 Å². The van der Waals surface area contributed by atoms with Crippen molar-refractivity contribution in [3.8, 4) is 0 Å². The highest BCUT2D eigenvalue weighted by Gasteiger charge is 2.27. The zero-order chi connectivity index (χ0) is 23.1. The van der Waals surface area contributed by atoms with E-state index in [1.165, 1.54) is 0 Å². The molecular weight excluding hydrogens is 413 g/mol. The second-order valence-electron chi connectivity index (χ2n) is 8.51. The monoisotopic (exact) mass is 445 g/mol. The lowest BCUT2D eigenvalue weighted by molar-refractivity contribution is -0.137. The number of hydrogen-bond acceptors (Lipinski definition) is 5. The molecular formula is C25H32FNO5. The number of rotatable bonds is 11. The smallest absolute Gasteiger partial charge is 0.303 e. The summed E-state index contributed by atoms with van der Waals surface area (Å²) in [6.45, 7) is 2.97. The predicted octanol–water partition coefficient (Wildman–Crippen LogP) is 3.23. The summed E-state index contributed by atoms with van der Waals surface area (Å²) in [4.78, 5) is 13.1. The summed E-state index contributed by atoms with van der Waals surface area (Å²) in [5, 5.41) is 29.8. The number of carboxylic acid groups (broad SMARTS) is 1. The molecule has 2 aromatic rings. The third-order valence-corrected chi connectivity index (χ3v) is 6.03. The van der Waals surface area contributed by atoms with E-state index in [1.54, 1.807) is 43.3 Å². The largest absolute Gasteiger partial charge is 0.481 e. The number of aliphatic carboxylic acids is 1. The summed E-state index contributed by atoms with van der Waals surface area (Å²) in [5.74, 6) is -1.10. The predicted molar refractivity (Wildman–Crippen MR) is 119 cm³/mol. The van der Waals surface area contributed by atoms with Gasteiger partial charge in [-0.3, -0.25) is 9.69 Å². The van der Waals surface area contributed by atoms with E-state index >= 15 is 0 Å². The summed E-state index contributed by atoms with van der Waals surface area (Å²) >= 11 is 0. The van der Waals surface area contributed by atoms with Gasteiger partial charge in [0.1, 0.15) is 5.82 Å². The van der Waals surface area contributed by atoms with E-state index in [1.807, 2.05) is 6.07 Å². The number of aryl methyl sites for hydroxylation is 2. The fourth-order valence-electron chi connectivity index (χ4n) is 4.26. The molecule has 32 heavy (non-hydrogen) atoms. The Morgan fingerprint density at radius 3 is 2.78 bits per heavy atom. The van der Waals surface area contributed by atoms with Crippen molar-refractivity contribution in [1.82, 2.24) is 4.90 Å². The fraction of sp³-hybridized carbons (Fsp3) is 0.480. The van der Waals surface area contributed by atoms with Gasteiger partial charge in [-0.05, 0) is 61.9 Å². The first-order valence-corrected chi connectivity index (χ1v) is 11.1. The number of nitrogens with zero attached hydrogens (tertiary/aromatic N) is 1. The van der Waals surface area contributed by atoms with Crippen LogP contribution in [0, 0.1) is 12.7 Å². The van der Waals surface area contributed by atoms with E-state index in [2.05, 4.69) is 4.90 Å². The first-order chi connectivity index (χ1) is 15.3. The molecule has 1 aliphatic rings. The molecule has 2 aromatic carbocycles. The highest BCUT2D eigenvalue weighted by atomic mass is 19.1. The van der Waals surface area contributed by atoms with Gasteiger partial charge in [0.25, 0.3) is 0 Å². The minimum atomic E-state index is -1.24. The van der Waals surface area contributed by atoms with Gasteiger partial charge >= 0.3 is 5.97 Å². The van der Waals surface area contributed by atoms with Gasteiger partial charge in [0.05, 0.1) is 12.7 Å². The van der Waals surface area contributed by atoms with Crippen LogP contribution in [-0.2, 0) is 22.4 Å². The Labute approximate surface area is 188 Å². The molecule has 0 bridgehead atoms. The Kier molecular flexibility index (Phi) is 8.75. The van der Waals surface area contributed by atoms with Crippen molar-refractivity contribution in [2.45, 2.75) is 57.5 Å². The maximum absolute atomic E-state index is 13.9. The molecule has 3 atom stereocenters. The van der Waals surface area contributed by atoms with Crippen LogP contribution in [0.15, 0.2) is 42.5 Å². The number of carbonyl (C=O) groups is 1. The average Bonchev–Trinajstić information content (AvgIpc) is 3.19. The quantitative estimate of drug-likeness (QED) is 0.460. The van der Waals surface area contributed by atoms with Crippen LogP contribution in [0.4, 0.5) is 4.39 Å². The summed E-state index contributed by atoms with van der Waals surface area (Å²) in [5.41, 5.74) is 2.81. The third-order valence-electron chi connectivity index (χ3n) is 6.03. The van der Waals surface area contributed by atoms with Gasteiger partial charge in [-0.25, -0.2) is 4.39 Å². The number of carboxylic acids is 1. The van der Waals surface area contributed by atoms with Crippen LogP contribution in [-0.4, -0.2) is 58.0 Å². The molecule has 0 amide bonds. The van der Waals surface area contributed by atoms with Crippen molar-refractivity contribution in [1.29, 1.82) is 0 Å². The van der Waals surface area contributed by atoms with Crippen molar-refractivity contribution in [3.05, 3.63) is 70.5 Å². The van der Waals surface area contributed by atoms with Gasteiger partial charge < -0.3 is 20.1 Å². The van der Waals surface area contributed by atoms with E-state index in [-0.39, 0.29) is 24.9 Å². The lowest BCUT2D eigenvalue weighted by Gasteiger charge is -2.27. The molecule has 1 saturated heterocycles. The van der Waals surface area contributed by atoms with Crippen LogP contribution in [0.3, 0.4) is 0 Å². The van der Waals surface area contributed by atoms with Gasteiger partial charge in [-0.2, -0.15) is 0 Å². The molecule has 1 heterocycles. The zero-order valence-corrected chi connectivity index (χ0v) is 18.4. The molecule has 6 nitrogen and oxygen atoms in total. The summed E-state index contributed by atoms with van der Waals surface area (Å²) < 4.78 is 19.4. The van der Waals surface area contributed by atoms with E-state index in [0.717, 1.165) is 31.4 Å². The van der Waals surface area contributed by atoms with Crippen molar-refractivity contribution in [2.75, 3.05) is 19.7 Å². The molecule has 1 fully saturated rings. The minimum Gasteiger partial charge on any atom is -0.481 e. The van der Waals surface area contributed by atoms with Gasteiger partial charge in [0.15, 0.2) is 6.29 Å². The molecule has 0 unspecified atom stereocenters. The number of benzene rings is 2. The van der Waals surface area contributed by atoms with E-state index in [0.29, 0.717) is 29.7 Å². The highest BCUT2D eigenvalue weighted by molar-refractivity contribution is 5.67. The van der Waals surface area contributed by atoms with E-state index in [9.17, 15) is 19.4 Å². The first-order valence-electron chi connectivity index (χ1n) is 11.1.